The van der Waals surface area contributed by atoms with E-state index in [0.29, 0.717) is 11.3 Å². The summed E-state index contributed by atoms with van der Waals surface area (Å²) in [4.78, 5) is 34.0. The monoisotopic (exact) mass is 281 g/mol. The number of esters is 1. The molecule has 8 nitrogen and oxygen atoms in total. The van der Waals surface area contributed by atoms with Crippen LogP contribution in [0.5, 0.6) is 0 Å². The van der Waals surface area contributed by atoms with Crippen LogP contribution in [-0.4, -0.2) is 31.1 Å². The molecule has 1 aromatic rings. The van der Waals surface area contributed by atoms with Gasteiger partial charge in [-0.2, -0.15) is 4.73 Å². The zero-order valence-electron chi connectivity index (χ0n) is 10.9. The molecular formula is C12H15N3O5. The molecule has 108 valence electrons. The number of aromatic nitrogens is 1. The molecule has 0 aliphatic carbocycles. The van der Waals surface area contributed by atoms with E-state index in [2.05, 4.69) is 10.1 Å². The van der Waals surface area contributed by atoms with Crippen molar-refractivity contribution in [2.75, 3.05) is 13.2 Å². The molecule has 0 fully saturated rings. The number of pyridine rings is 1. The number of carbonyl (C=O) groups is 3. The number of imide groups is 1. The van der Waals surface area contributed by atoms with Gasteiger partial charge in [-0.1, -0.05) is 6.92 Å². The zero-order chi connectivity index (χ0) is 15.0. The van der Waals surface area contributed by atoms with E-state index < -0.39 is 24.5 Å². The van der Waals surface area contributed by atoms with Gasteiger partial charge in [0.05, 0.1) is 0 Å². The first-order chi connectivity index (χ1) is 9.54. The lowest BCUT2D eigenvalue weighted by Crippen LogP contribution is -2.42. The van der Waals surface area contributed by atoms with Gasteiger partial charge in [0.2, 0.25) is 0 Å². The highest BCUT2D eigenvalue weighted by Crippen LogP contribution is 1.94. The largest absolute Gasteiger partial charge is 0.618 e. The lowest BCUT2D eigenvalue weighted by atomic mass is 10.3. The van der Waals surface area contributed by atoms with E-state index >= 15 is 0 Å². The zero-order valence-corrected chi connectivity index (χ0v) is 10.9. The quantitative estimate of drug-likeness (QED) is 0.438. The second-order valence-electron chi connectivity index (χ2n) is 3.79. The summed E-state index contributed by atoms with van der Waals surface area (Å²) in [6.07, 6.45) is 1.86. The van der Waals surface area contributed by atoms with Crippen molar-refractivity contribution in [3.05, 3.63) is 35.3 Å². The molecule has 0 spiro atoms. The summed E-state index contributed by atoms with van der Waals surface area (Å²) in [5.41, 5.74) is -0.240. The fraction of sp³-hybridized carbons (Fsp3) is 0.333. The number of nitrogens with zero attached hydrogens (tertiary/aromatic N) is 1. The maximum Gasteiger partial charge on any atom is 0.405 e. The van der Waals surface area contributed by atoms with Crippen molar-refractivity contribution in [3.63, 3.8) is 0 Å². The molecule has 0 radical (unpaired) electrons. The van der Waals surface area contributed by atoms with Crippen LogP contribution in [0.25, 0.3) is 0 Å². The molecule has 8 heteroatoms. The van der Waals surface area contributed by atoms with E-state index in [4.69, 9.17) is 0 Å². The normalized spacial score (nSPS) is 9.65. The van der Waals surface area contributed by atoms with Crippen molar-refractivity contribution in [2.45, 2.75) is 13.3 Å². The first-order valence-corrected chi connectivity index (χ1v) is 5.97. The van der Waals surface area contributed by atoms with Crippen LogP contribution in [0.3, 0.4) is 0 Å². The van der Waals surface area contributed by atoms with E-state index in [1.807, 2.05) is 12.2 Å². The SMILES string of the molecule is CCCNC(=O)NC(=O)COC(=O)c1cccc[n+]1[O-]. The van der Waals surface area contributed by atoms with Gasteiger partial charge in [-0.3, -0.25) is 10.1 Å². The highest BCUT2D eigenvalue weighted by molar-refractivity contribution is 5.96. The van der Waals surface area contributed by atoms with Crippen LogP contribution >= 0.6 is 0 Å². The number of carbonyl (C=O) groups excluding carboxylic acids is 3. The number of nitrogens with one attached hydrogen (secondary N) is 2. The Balaban J connectivity index is 2.40. The third kappa shape index (κ3) is 4.92. The molecule has 0 saturated carbocycles. The van der Waals surface area contributed by atoms with Crippen molar-refractivity contribution in [1.29, 1.82) is 0 Å². The average Bonchev–Trinajstić information content (AvgIpc) is 2.43. The van der Waals surface area contributed by atoms with Crippen molar-refractivity contribution in [1.82, 2.24) is 10.6 Å². The Hall–Kier alpha value is -2.64. The van der Waals surface area contributed by atoms with Crippen molar-refractivity contribution in [2.24, 2.45) is 0 Å². The number of rotatable bonds is 5. The summed E-state index contributed by atoms with van der Waals surface area (Å²) in [5.74, 6) is -1.72. The molecule has 1 rings (SSSR count). The van der Waals surface area contributed by atoms with Crippen LogP contribution in [0, 0.1) is 5.21 Å². The summed E-state index contributed by atoms with van der Waals surface area (Å²) >= 11 is 0. The standard InChI is InChI=1S/C12H15N3O5/c1-2-6-13-12(18)14-10(16)8-20-11(17)9-5-3-4-7-15(9)19/h3-5,7H,2,6,8H2,1H3,(H2,13,14,16,18). The van der Waals surface area contributed by atoms with Crippen LogP contribution in [0.1, 0.15) is 23.8 Å². The lowest BCUT2D eigenvalue weighted by molar-refractivity contribution is -0.608. The highest BCUT2D eigenvalue weighted by Gasteiger charge is 2.18. The van der Waals surface area contributed by atoms with Crippen LogP contribution in [0.4, 0.5) is 4.79 Å². The van der Waals surface area contributed by atoms with E-state index in [9.17, 15) is 19.6 Å². The van der Waals surface area contributed by atoms with E-state index in [-0.39, 0.29) is 5.69 Å². The fourth-order valence-corrected chi connectivity index (χ4v) is 1.24. The molecule has 2 N–H and O–H groups in total. The van der Waals surface area contributed by atoms with Crippen LogP contribution < -0.4 is 15.4 Å². The van der Waals surface area contributed by atoms with Gasteiger partial charge in [-0.25, -0.2) is 9.59 Å². The summed E-state index contributed by atoms with van der Waals surface area (Å²) in [7, 11) is 0. The predicted molar refractivity (Wildman–Crippen MR) is 67.5 cm³/mol. The van der Waals surface area contributed by atoms with Gasteiger partial charge in [0.1, 0.15) is 0 Å². The number of urea groups is 1. The van der Waals surface area contributed by atoms with E-state index in [1.165, 1.54) is 18.2 Å². The maximum atomic E-state index is 11.5. The van der Waals surface area contributed by atoms with Gasteiger partial charge in [0.15, 0.2) is 12.8 Å². The molecule has 3 amide bonds. The lowest BCUT2D eigenvalue weighted by Gasteiger charge is -2.06. The topological polar surface area (TPSA) is 111 Å². The summed E-state index contributed by atoms with van der Waals surface area (Å²) in [6, 6.07) is 3.55. The first-order valence-electron chi connectivity index (χ1n) is 5.97. The Labute approximate surface area is 115 Å². The number of hydrogen-bond donors (Lipinski definition) is 2. The summed E-state index contributed by atoms with van der Waals surface area (Å²) in [6.45, 7) is 1.65. The van der Waals surface area contributed by atoms with Crippen molar-refractivity contribution >= 4 is 17.9 Å². The Morgan fingerprint density at radius 1 is 1.35 bits per heavy atom. The molecule has 0 aliphatic heterocycles. The molecular weight excluding hydrogens is 266 g/mol. The minimum absolute atomic E-state index is 0.240. The van der Waals surface area contributed by atoms with Crippen molar-refractivity contribution < 1.29 is 23.9 Å². The third-order valence-corrected chi connectivity index (χ3v) is 2.16. The molecule has 0 unspecified atom stereocenters. The Morgan fingerprint density at radius 2 is 2.10 bits per heavy atom. The average molecular weight is 281 g/mol. The van der Waals surface area contributed by atoms with Gasteiger partial charge in [-0.15, -0.1) is 0 Å². The molecule has 1 heterocycles. The maximum absolute atomic E-state index is 11.5. The minimum Gasteiger partial charge on any atom is -0.618 e. The van der Waals surface area contributed by atoms with Gasteiger partial charge in [-0.05, 0) is 12.5 Å². The van der Waals surface area contributed by atoms with Crippen LogP contribution in [0.2, 0.25) is 0 Å². The van der Waals surface area contributed by atoms with Gasteiger partial charge in [0.25, 0.3) is 5.91 Å². The number of hydrogen-bond acceptors (Lipinski definition) is 5. The summed E-state index contributed by atoms with van der Waals surface area (Å²) in [5, 5.41) is 15.7. The molecule has 0 atom stereocenters. The van der Waals surface area contributed by atoms with E-state index in [1.54, 1.807) is 0 Å². The molecule has 0 aromatic carbocycles. The highest BCUT2D eigenvalue weighted by atomic mass is 16.5. The molecule has 0 aliphatic rings. The van der Waals surface area contributed by atoms with Gasteiger partial charge in [0, 0.05) is 18.7 Å². The van der Waals surface area contributed by atoms with Gasteiger partial charge < -0.3 is 15.3 Å². The first kappa shape index (κ1) is 15.4. The second-order valence-corrected chi connectivity index (χ2v) is 3.79. The fourth-order valence-electron chi connectivity index (χ4n) is 1.24. The molecule has 20 heavy (non-hydrogen) atoms. The van der Waals surface area contributed by atoms with Crippen LogP contribution in [-0.2, 0) is 9.53 Å². The number of amides is 3. The number of ether oxygens (including phenoxy) is 1. The molecule has 0 saturated heterocycles. The van der Waals surface area contributed by atoms with Gasteiger partial charge >= 0.3 is 17.7 Å². The Bertz CT molecular complexity index is 504. The Kier molecular flexibility index (Phi) is 5.95. The molecule has 1 aromatic heterocycles. The molecule has 0 bridgehead atoms. The Morgan fingerprint density at radius 3 is 2.75 bits per heavy atom. The van der Waals surface area contributed by atoms with Crippen LogP contribution in [0.15, 0.2) is 24.4 Å². The van der Waals surface area contributed by atoms with E-state index in [0.717, 1.165) is 12.6 Å². The second kappa shape index (κ2) is 7.72. The van der Waals surface area contributed by atoms with Crippen molar-refractivity contribution in [3.8, 4) is 0 Å². The third-order valence-electron chi connectivity index (χ3n) is 2.16. The predicted octanol–water partition coefficient (Wildman–Crippen LogP) is -0.287. The minimum atomic E-state index is -0.940. The smallest absolute Gasteiger partial charge is 0.405 e. The summed E-state index contributed by atoms with van der Waals surface area (Å²) < 4.78 is 4.95.